The second-order valence-electron chi connectivity index (χ2n) is 10.7. The number of aromatic amines is 1. The lowest BCUT2D eigenvalue weighted by molar-refractivity contribution is -0.172. The van der Waals surface area contributed by atoms with E-state index < -0.39 is 0 Å². The number of carbonyl (C=O) groups excluding carboxylic acids is 1. The number of hydrogen-bond acceptors (Lipinski definition) is 4. The average molecular weight is 399 g/mol. The fourth-order valence-electron chi connectivity index (χ4n) is 7.90. The topological polar surface area (TPSA) is 75.2 Å². The summed E-state index contributed by atoms with van der Waals surface area (Å²) in [5, 5.41) is 18.9. The number of allylic oxidation sites excluding steroid dienone is 1. The number of fused-ring (bicyclic) bond motifs is 6. The number of hydrogen-bond donors (Lipinski definition) is 2. The maximum atomic E-state index is 12.1. The zero-order valence-corrected chi connectivity index (χ0v) is 18.1. The molecule has 0 aliphatic heterocycles. The van der Waals surface area contributed by atoms with E-state index in [1.807, 2.05) is 13.1 Å². The molecule has 8 atom stereocenters. The summed E-state index contributed by atoms with van der Waals surface area (Å²) in [7, 11) is 0. The van der Waals surface area contributed by atoms with Gasteiger partial charge in [0.25, 0.3) is 0 Å². The minimum atomic E-state index is -0.364. The molecule has 0 radical (unpaired) electrons. The molecule has 158 valence electrons. The molecule has 29 heavy (non-hydrogen) atoms. The van der Waals surface area contributed by atoms with Gasteiger partial charge in [-0.2, -0.15) is 5.10 Å². The molecular weight excluding hydrogens is 364 g/mol. The zero-order valence-electron chi connectivity index (χ0n) is 18.1. The van der Waals surface area contributed by atoms with Gasteiger partial charge < -0.3 is 9.84 Å². The van der Waals surface area contributed by atoms with Crippen molar-refractivity contribution < 1.29 is 14.6 Å². The fourth-order valence-corrected chi connectivity index (χ4v) is 7.90. The number of aromatic nitrogens is 2. The number of aliphatic hydroxyl groups is 1. The molecule has 5 nitrogen and oxygen atoms in total. The molecule has 1 aromatic rings. The molecule has 3 unspecified atom stereocenters. The third kappa shape index (κ3) is 2.62. The molecule has 1 heterocycles. The Labute approximate surface area is 173 Å². The van der Waals surface area contributed by atoms with Gasteiger partial charge in [-0.3, -0.25) is 9.89 Å². The van der Waals surface area contributed by atoms with E-state index in [4.69, 9.17) is 4.74 Å². The van der Waals surface area contributed by atoms with Crippen LogP contribution >= 0.6 is 0 Å². The Morgan fingerprint density at radius 2 is 2.21 bits per heavy atom. The van der Waals surface area contributed by atoms with Gasteiger partial charge in [0.15, 0.2) is 0 Å². The summed E-state index contributed by atoms with van der Waals surface area (Å²) in [6, 6.07) is 0. The quantitative estimate of drug-likeness (QED) is 0.735. The van der Waals surface area contributed by atoms with Crippen LogP contribution in [0.2, 0.25) is 0 Å². The van der Waals surface area contributed by atoms with Gasteiger partial charge in [0, 0.05) is 11.8 Å². The van der Waals surface area contributed by atoms with Crippen LogP contribution in [-0.2, 0) is 16.0 Å². The van der Waals surface area contributed by atoms with Crippen LogP contribution in [0.5, 0.6) is 0 Å². The Balaban J connectivity index is 1.50. The van der Waals surface area contributed by atoms with Crippen LogP contribution in [-0.4, -0.2) is 33.5 Å². The molecule has 0 spiro atoms. The average Bonchev–Trinajstić information content (AvgIpc) is 3.21. The minimum Gasteiger partial charge on any atom is -0.461 e. The first-order valence-corrected chi connectivity index (χ1v) is 11.4. The van der Waals surface area contributed by atoms with E-state index in [1.54, 1.807) is 0 Å². The Kier molecular flexibility index (Phi) is 4.29. The van der Waals surface area contributed by atoms with Gasteiger partial charge in [-0.05, 0) is 72.8 Å². The first-order valence-electron chi connectivity index (χ1n) is 11.4. The van der Waals surface area contributed by atoms with Crippen LogP contribution in [0, 0.1) is 34.5 Å². The number of nitrogens with one attached hydrogen (secondary N) is 1. The highest BCUT2D eigenvalue weighted by molar-refractivity contribution is 5.69. The molecule has 0 saturated heterocycles. The van der Waals surface area contributed by atoms with Crippen LogP contribution in [0.3, 0.4) is 0 Å². The Bertz CT molecular complexity index is 860. The lowest BCUT2D eigenvalue weighted by Crippen LogP contribution is -2.57. The fraction of sp³-hybridized carbons (Fsp3) is 0.750. The molecule has 0 bridgehead atoms. The van der Waals surface area contributed by atoms with Crippen molar-refractivity contribution in [1.82, 2.24) is 10.2 Å². The van der Waals surface area contributed by atoms with Crippen molar-refractivity contribution in [2.24, 2.45) is 34.5 Å². The number of rotatable bonds is 2. The molecule has 3 fully saturated rings. The number of aliphatic hydroxyl groups excluding tert-OH is 1. The van der Waals surface area contributed by atoms with Crippen LogP contribution in [0.4, 0.5) is 0 Å². The molecule has 4 aliphatic carbocycles. The van der Waals surface area contributed by atoms with Crippen molar-refractivity contribution >= 4 is 12.0 Å². The van der Waals surface area contributed by atoms with Gasteiger partial charge in [-0.15, -0.1) is 0 Å². The molecule has 1 aromatic heterocycles. The monoisotopic (exact) mass is 398 g/mol. The van der Waals surface area contributed by atoms with Crippen molar-refractivity contribution in [2.45, 2.75) is 78.4 Å². The van der Waals surface area contributed by atoms with Crippen LogP contribution in [0.15, 0.2) is 11.8 Å². The van der Waals surface area contributed by atoms with Crippen LogP contribution < -0.4 is 0 Å². The number of ether oxygens (including phenoxy) is 1. The Hall–Kier alpha value is -1.62. The number of esters is 1. The second-order valence-corrected chi connectivity index (χ2v) is 10.7. The van der Waals surface area contributed by atoms with Gasteiger partial charge in [-0.1, -0.05) is 33.3 Å². The first-order chi connectivity index (χ1) is 13.8. The molecule has 0 aromatic carbocycles. The van der Waals surface area contributed by atoms with Gasteiger partial charge in [0.2, 0.25) is 0 Å². The molecule has 5 rings (SSSR count). The molecule has 4 aliphatic rings. The van der Waals surface area contributed by atoms with Crippen molar-refractivity contribution in [1.29, 1.82) is 0 Å². The van der Waals surface area contributed by atoms with Crippen molar-refractivity contribution in [3.8, 4) is 0 Å². The number of carbonyl (C=O) groups is 1. The third-order valence-corrected chi connectivity index (χ3v) is 9.07. The van der Waals surface area contributed by atoms with Crippen molar-refractivity contribution in [3.63, 3.8) is 0 Å². The summed E-state index contributed by atoms with van der Waals surface area (Å²) >= 11 is 0. The predicted octanol–water partition coefficient (Wildman–Crippen LogP) is 4.13. The maximum Gasteiger partial charge on any atom is 0.305 e. The van der Waals surface area contributed by atoms with Gasteiger partial charge in [0.05, 0.1) is 18.0 Å². The Morgan fingerprint density at radius 3 is 2.97 bits per heavy atom. The van der Waals surface area contributed by atoms with Gasteiger partial charge in [0.1, 0.15) is 6.10 Å². The van der Waals surface area contributed by atoms with Crippen molar-refractivity contribution in [3.05, 3.63) is 23.0 Å². The van der Waals surface area contributed by atoms with E-state index in [0.29, 0.717) is 24.2 Å². The van der Waals surface area contributed by atoms with Gasteiger partial charge >= 0.3 is 5.97 Å². The smallest absolute Gasteiger partial charge is 0.305 e. The largest absolute Gasteiger partial charge is 0.461 e. The van der Waals surface area contributed by atoms with E-state index in [9.17, 15) is 9.90 Å². The van der Waals surface area contributed by atoms with E-state index in [0.717, 1.165) is 37.8 Å². The standard InChI is InChI=1S/C24H34N2O3/c1-5-20(28)29-22-13(2)8-17-16-7-6-15-9-18-14(12-25-26-18)10-23(15,3)21(16)19(27)11-24(17,22)4/h9,12-13,16-17,19,21-22,27H,5-8,10-11H2,1-4H3,(H,25,26)/t13-,16-,17?,19?,21?,22+,23-,24-/m0/s1. The summed E-state index contributed by atoms with van der Waals surface area (Å²) in [4.78, 5) is 12.1. The minimum absolute atomic E-state index is 0.0119. The lowest BCUT2D eigenvalue weighted by Gasteiger charge is -2.59. The van der Waals surface area contributed by atoms with E-state index in [1.165, 1.54) is 11.1 Å². The number of H-pyrrole nitrogens is 1. The van der Waals surface area contributed by atoms with E-state index in [2.05, 4.69) is 37.0 Å². The van der Waals surface area contributed by atoms with Crippen LogP contribution in [0.25, 0.3) is 6.08 Å². The summed E-state index contributed by atoms with van der Waals surface area (Å²) < 4.78 is 5.97. The van der Waals surface area contributed by atoms with E-state index >= 15 is 0 Å². The molecule has 5 heteroatoms. The summed E-state index contributed by atoms with van der Waals surface area (Å²) in [5.74, 6) is 1.48. The van der Waals surface area contributed by atoms with E-state index in [-0.39, 0.29) is 34.9 Å². The van der Waals surface area contributed by atoms with Gasteiger partial charge in [-0.25, -0.2) is 0 Å². The predicted molar refractivity (Wildman–Crippen MR) is 111 cm³/mol. The van der Waals surface area contributed by atoms with Crippen molar-refractivity contribution in [2.75, 3.05) is 0 Å². The molecule has 3 saturated carbocycles. The molecule has 0 amide bonds. The second kappa shape index (κ2) is 6.44. The Morgan fingerprint density at radius 1 is 1.41 bits per heavy atom. The molecule has 2 N–H and O–H groups in total. The lowest BCUT2D eigenvalue weighted by atomic mass is 9.46. The zero-order chi connectivity index (χ0) is 20.6. The highest BCUT2D eigenvalue weighted by Crippen LogP contribution is 2.66. The normalized spacial score (nSPS) is 45.5. The SMILES string of the molecule is CCC(=O)O[C@@H]1[C@@H](C)CC2[C@@H]3CCC4=Cc5[nH]ncc5C[C@]4(C)C3C(O)C[C@@]21C. The summed E-state index contributed by atoms with van der Waals surface area (Å²) in [6.45, 7) is 8.73. The number of nitrogens with zero attached hydrogens (tertiary/aromatic N) is 1. The van der Waals surface area contributed by atoms with Crippen LogP contribution in [0.1, 0.15) is 71.1 Å². The summed E-state index contributed by atoms with van der Waals surface area (Å²) in [5.41, 5.74) is 3.75. The first kappa shape index (κ1) is 19.3. The maximum absolute atomic E-state index is 12.1. The summed E-state index contributed by atoms with van der Waals surface area (Å²) in [6.07, 6.45) is 9.21. The third-order valence-electron chi connectivity index (χ3n) is 9.07. The highest BCUT2D eigenvalue weighted by atomic mass is 16.5. The molecular formula is C24H34N2O3. The highest BCUT2D eigenvalue weighted by Gasteiger charge is 2.64.